The average molecular weight is 497 g/mol. The van der Waals surface area contributed by atoms with E-state index >= 15 is 0 Å². The molecule has 1 rings (SSSR count). The zero-order valence-electron chi connectivity index (χ0n) is 17.6. The summed E-state index contributed by atoms with van der Waals surface area (Å²) >= 11 is 3.26. The first-order chi connectivity index (χ1) is 13.9. The quantitative estimate of drug-likeness (QED) is 0.241. The fourth-order valence-electron chi connectivity index (χ4n) is 2.15. The van der Waals surface area contributed by atoms with E-state index in [1.165, 1.54) is 0 Å². The van der Waals surface area contributed by atoms with Crippen molar-refractivity contribution in [2.24, 2.45) is 5.73 Å². The van der Waals surface area contributed by atoms with Gasteiger partial charge in [-0.25, -0.2) is 14.4 Å². The largest absolute Gasteiger partial charge is 0.478 e. The number of carbonyl (C=O) groups is 4. The number of nitrogens with two attached hydrogens (primary N) is 1. The van der Waals surface area contributed by atoms with E-state index in [0.29, 0.717) is 31.6 Å². The first-order valence-corrected chi connectivity index (χ1v) is 10.2. The highest BCUT2D eigenvalue weighted by molar-refractivity contribution is 9.10. The fraction of sp³-hybridized carbons (Fsp3) is 0.667. The minimum absolute atomic E-state index is 0.295. The molecule has 1 saturated heterocycles. The van der Waals surface area contributed by atoms with Gasteiger partial charge in [-0.2, -0.15) is 0 Å². The van der Waals surface area contributed by atoms with E-state index in [1.54, 1.807) is 0 Å². The lowest BCUT2D eigenvalue weighted by Gasteiger charge is -2.31. The minimum atomic E-state index is -1.26. The Kier molecular flexibility index (Phi) is 16.8. The molecule has 0 aromatic heterocycles. The van der Waals surface area contributed by atoms with Gasteiger partial charge in [0, 0.05) is 44.9 Å². The Morgan fingerprint density at radius 1 is 1.03 bits per heavy atom. The summed E-state index contributed by atoms with van der Waals surface area (Å²) in [7, 11) is 2.14. The summed E-state index contributed by atoms with van der Waals surface area (Å²) in [6, 6.07) is -0.814. The molecule has 0 aromatic carbocycles. The molecule has 1 fully saturated rings. The number of urea groups is 1. The lowest BCUT2D eigenvalue weighted by atomic mass is 10.0. The topological polar surface area (TPSA) is 173 Å². The van der Waals surface area contributed by atoms with Crippen molar-refractivity contribution in [3.05, 3.63) is 12.2 Å². The van der Waals surface area contributed by atoms with E-state index in [4.69, 9.17) is 21.1 Å². The highest BCUT2D eigenvalue weighted by Gasteiger charge is 2.32. The summed E-state index contributed by atoms with van der Waals surface area (Å²) < 4.78 is -0.665. The van der Waals surface area contributed by atoms with E-state index in [9.17, 15) is 19.2 Å². The summed E-state index contributed by atoms with van der Waals surface area (Å²) in [4.78, 5) is 45.3. The highest BCUT2D eigenvalue weighted by Crippen LogP contribution is 2.26. The molecule has 6 N–H and O–H groups in total. The van der Waals surface area contributed by atoms with Gasteiger partial charge in [-0.1, -0.05) is 29.8 Å². The van der Waals surface area contributed by atoms with Gasteiger partial charge >= 0.3 is 18.0 Å². The van der Waals surface area contributed by atoms with Crippen molar-refractivity contribution >= 4 is 39.8 Å². The summed E-state index contributed by atoms with van der Waals surface area (Å²) in [5.41, 5.74) is 4.81. The zero-order chi connectivity index (χ0) is 23.7. The van der Waals surface area contributed by atoms with Gasteiger partial charge < -0.3 is 26.0 Å². The number of nitrogens with zero attached hydrogens (tertiary/aromatic N) is 2. The van der Waals surface area contributed by atoms with Crippen LogP contribution in [0.15, 0.2) is 12.2 Å². The first-order valence-electron chi connectivity index (χ1n) is 9.37. The molecule has 3 amide bonds. The number of imide groups is 1. The molecule has 1 heterocycles. The Balaban J connectivity index is 0. The second-order valence-electron chi connectivity index (χ2n) is 6.37. The number of aliphatic carboxylic acids is 2. The van der Waals surface area contributed by atoms with Gasteiger partial charge in [0.05, 0.1) is 6.61 Å². The Morgan fingerprint density at radius 2 is 1.47 bits per heavy atom. The molecule has 0 unspecified atom stereocenters. The third-order valence-electron chi connectivity index (χ3n) is 4.15. The Morgan fingerprint density at radius 3 is 1.77 bits per heavy atom. The van der Waals surface area contributed by atoms with E-state index in [2.05, 4.69) is 32.8 Å². The van der Waals surface area contributed by atoms with Crippen LogP contribution in [0, 0.1) is 0 Å². The van der Waals surface area contributed by atoms with E-state index < -0.39 is 22.3 Å². The molecular weight excluding hydrogens is 464 g/mol. The average Bonchev–Trinajstić information content (AvgIpc) is 2.68. The van der Waals surface area contributed by atoms with Crippen LogP contribution < -0.4 is 11.1 Å². The van der Waals surface area contributed by atoms with E-state index in [0.717, 1.165) is 32.7 Å². The Hall–Kier alpha value is -2.02. The number of hydrogen-bond donors (Lipinski definition) is 5. The van der Waals surface area contributed by atoms with Crippen molar-refractivity contribution < 1.29 is 34.5 Å². The number of aliphatic hydroxyl groups excluding tert-OH is 1. The zero-order valence-corrected chi connectivity index (χ0v) is 19.2. The van der Waals surface area contributed by atoms with Gasteiger partial charge in [-0.05, 0) is 19.9 Å². The number of piperazine rings is 1. The number of alkyl halides is 1. The van der Waals surface area contributed by atoms with Gasteiger partial charge in [-0.3, -0.25) is 15.0 Å². The number of carboxylic acids is 2. The SMILES string of the molecule is CCC(Br)(CC)C(=O)NC(N)=O.CN1CCN(CCO)CC1.O=C(O)/C=C\C(=O)O. The van der Waals surface area contributed by atoms with E-state index in [-0.39, 0.29) is 5.91 Å². The fourth-order valence-corrected chi connectivity index (χ4v) is 2.25. The maximum Gasteiger partial charge on any atom is 0.328 e. The number of amides is 3. The van der Waals surface area contributed by atoms with E-state index in [1.807, 2.05) is 19.2 Å². The van der Waals surface area contributed by atoms with Crippen molar-refractivity contribution in [3.63, 3.8) is 0 Å². The van der Waals surface area contributed by atoms with Crippen molar-refractivity contribution in [2.45, 2.75) is 31.0 Å². The van der Waals surface area contributed by atoms with Crippen LogP contribution in [0.2, 0.25) is 0 Å². The molecule has 12 heteroatoms. The number of carboxylic acid groups (broad SMARTS) is 2. The van der Waals surface area contributed by atoms with Crippen LogP contribution in [-0.4, -0.2) is 99.7 Å². The molecular formula is C18H33BrN4O7. The predicted octanol–water partition coefficient (Wildman–Crippen LogP) is 0.0729. The number of hydrogen-bond acceptors (Lipinski definition) is 7. The second-order valence-corrected chi connectivity index (χ2v) is 7.89. The molecule has 1 aliphatic rings. The normalized spacial score (nSPS) is 14.7. The van der Waals surface area contributed by atoms with Gasteiger partial charge in [0.1, 0.15) is 4.32 Å². The molecule has 0 bridgehead atoms. The van der Waals surface area contributed by atoms with Crippen molar-refractivity contribution in [3.8, 4) is 0 Å². The lowest BCUT2D eigenvalue weighted by Crippen LogP contribution is -2.46. The van der Waals surface area contributed by atoms with Gasteiger partial charge in [0.2, 0.25) is 5.91 Å². The smallest absolute Gasteiger partial charge is 0.328 e. The summed E-state index contributed by atoms with van der Waals surface area (Å²) in [5.74, 6) is -2.89. The van der Waals surface area contributed by atoms with Gasteiger partial charge in [0.15, 0.2) is 0 Å². The highest BCUT2D eigenvalue weighted by atomic mass is 79.9. The van der Waals surface area contributed by atoms with Crippen LogP contribution in [0.4, 0.5) is 4.79 Å². The monoisotopic (exact) mass is 496 g/mol. The number of rotatable bonds is 7. The number of likely N-dealkylation sites (N-methyl/N-ethyl adjacent to an activating group) is 1. The predicted molar refractivity (Wildman–Crippen MR) is 115 cm³/mol. The molecule has 1 aliphatic heterocycles. The van der Waals surface area contributed by atoms with Crippen molar-refractivity contribution in [2.75, 3.05) is 46.4 Å². The molecule has 11 nitrogen and oxygen atoms in total. The van der Waals surface area contributed by atoms with Crippen LogP contribution in [-0.2, 0) is 14.4 Å². The molecule has 30 heavy (non-hydrogen) atoms. The molecule has 0 saturated carbocycles. The summed E-state index contributed by atoms with van der Waals surface area (Å²) in [5, 5.41) is 26.3. The molecule has 174 valence electrons. The first kappa shape index (κ1) is 30.2. The number of halogens is 1. The van der Waals surface area contributed by atoms with Crippen LogP contribution >= 0.6 is 15.9 Å². The molecule has 0 spiro atoms. The molecule has 0 atom stereocenters. The maximum absolute atomic E-state index is 11.3. The van der Waals surface area contributed by atoms with Crippen LogP contribution in [0.5, 0.6) is 0 Å². The van der Waals surface area contributed by atoms with Crippen molar-refractivity contribution in [1.82, 2.24) is 15.1 Å². The number of primary amides is 1. The number of nitrogens with one attached hydrogen (secondary N) is 1. The van der Waals surface area contributed by atoms with Crippen LogP contribution in [0.25, 0.3) is 0 Å². The summed E-state index contributed by atoms with van der Waals surface area (Å²) in [6.45, 7) is 9.35. The lowest BCUT2D eigenvalue weighted by molar-refractivity contribution is -0.134. The van der Waals surface area contributed by atoms with Crippen LogP contribution in [0.3, 0.4) is 0 Å². The van der Waals surface area contributed by atoms with Crippen LogP contribution in [0.1, 0.15) is 26.7 Å². The Labute approximate surface area is 185 Å². The molecule has 0 radical (unpaired) electrons. The Bertz CT molecular complexity index is 559. The second kappa shape index (κ2) is 16.7. The third-order valence-corrected chi connectivity index (χ3v) is 5.63. The third kappa shape index (κ3) is 15.9. The molecule has 0 aliphatic carbocycles. The van der Waals surface area contributed by atoms with Gasteiger partial charge in [-0.15, -0.1) is 0 Å². The maximum atomic E-state index is 11.3. The number of β-amino-alcohol motifs (C(OH)–C–C–N with tert-alkyl or cyclic N) is 1. The molecule has 0 aromatic rings. The number of carbonyl (C=O) groups excluding carboxylic acids is 2. The van der Waals surface area contributed by atoms with Gasteiger partial charge in [0.25, 0.3) is 0 Å². The summed E-state index contributed by atoms with van der Waals surface area (Å²) in [6.07, 6.45) is 2.34. The standard InChI is InChI=1S/C7H13BrN2O2.C7H16N2O.C4H4O4/c1-3-7(8,4-2)5(11)10-6(9)12;1-8-2-4-9(5-3-8)6-7-10;5-3(6)1-2-4(7)8/h3-4H2,1-2H3,(H3,9,10,11,12);10H,2-7H2,1H3;1-2H,(H,5,6)(H,7,8)/b;;2-1-. The van der Waals surface area contributed by atoms with Crippen molar-refractivity contribution in [1.29, 1.82) is 0 Å². The minimum Gasteiger partial charge on any atom is -0.478 e. The number of aliphatic hydroxyl groups is 1.